The maximum atomic E-state index is 9.43. The van der Waals surface area contributed by atoms with E-state index >= 15 is 0 Å². The third kappa shape index (κ3) is 3.89. The van der Waals surface area contributed by atoms with Crippen LogP contribution in [0, 0.1) is 0 Å². The number of methoxy groups -OCH3 is 1. The minimum atomic E-state index is -0.460. The van der Waals surface area contributed by atoms with Crippen LogP contribution in [0.3, 0.4) is 0 Å². The lowest BCUT2D eigenvalue weighted by Crippen LogP contribution is -2.18. The van der Waals surface area contributed by atoms with Crippen molar-refractivity contribution in [2.45, 2.75) is 12.5 Å². The van der Waals surface area contributed by atoms with Crippen LogP contribution in [0.5, 0.6) is 0 Å². The molecule has 4 nitrogen and oxygen atoms in total. The van der Waals surface area contributed by atoms with Gasteiger partial charge in [0.25, 0.3) is 0 Å². The van der Waals surface area contributed by atoms with Crippen molar-refractivity contribution in [1.82, 2.24) is 0 Å². The number of hydrogen-bond acceptors (Lipinski definition) is 4. The molecule has 0 saturated carbocycles. The van der Waals surface area contributed by atoms with E-state index < -0.39 is 6.10 Å². The Morgan fingerprint density at radius 1 is 1.56 bits per heavy atom. The van der Waals surface area contributed by atoms with E-state index in [0.29, 0.717) is 30.3 Å². The number of anilines is 2. The van der Waals surface area contributed by atoms with Gasteiger partial charge in [0.2, 0.25) is 0 Å². The second kappa shape index (κ2) is 6.58. The Labute approximate surface area is 100 Å². The van der Waals surface area contributed by atoms with E-state index in [0.717, 1.165) is 5.69 Å². The molecule has 1 unspecified atom stereocenters. The molecule has 0 saturated heterocycles. The predicted octanol–water partition coefficient (Wildman–Crippen LogP) is 1.73. The number of benzene rings is 1. The summed E-state index contributed by atoms with van der Waals surface area (Å²) in [5.74, 6) is 0. The molecular weight excluding hydrogens is 228 g/mol. The average molecular weight is 245 g/mol. The first-order valence-electron chi connectivity index (χ1n) is 5.10. The van der Waals surface area contributed by atoms with Gasteiger partial charge in [-0.25, -0.2) is 0 Å². The van der Waals surface area contributed by atoms with Gasteiger partial charge in [0, 0.05) is 13.7 Å². The molecule has 5 heteroatoms. The van der Waals surface area contributed by atoms with E-state index in [1.807, 2.05) is 12.1 Å². The molecule has 1 atom stereocenters. The van der Waals surface area contributed by atoms with Crippen LogP contribution in [0.2, 0.25) is 5.02 Å². The molecule has 0 fully saturated rings. The van der Waals surface area contributed by atoms with E-state index in [2.05, 4.69) is 5.32 Å². The average Bonchev–Trinajstić information content (AvgIpc) is 2.25. The standard InChI is InChI=1S/C11H17ClN2O2/c1-16-7-8(15)5-6-14-10-4-2-3-9(12)11(10)13/h2-4,8,14-15H,5-7,13H2,1H3. The van der Waals surface area contributed by atoms with Crippen molar-refractivity contribution in [1.29, 1.82) is 0 Å². The molecule has 0 spiro atoms. The Morgan fingerprint density at radius 3 is 3.00 bits per heavy atom. The SMILES string of the molecule is COCC(O)CCNc1cccc(Cl)c1N. The van der Waals surface area contributed by atoms with Gasteiger partial charge in [-0.15, -0.1) is 0 Å². The summed E-state index contributed by atoms with van der Waals surface area (Å²) in [5.41, 5.74) is 7.10. The van der Waals surface area contributed by atoms with E-state index in [1.54, 1.807) is 13.2 Å². The smallest absolute Gasteiger partial charge is 0.0790 e. The van der Waals surface area contributed by atoms with Gasteiger partial charge >= 0.3 is 0 Å². The summed E-state index contributed by atoms with van der Waals surface area (Å²) < 4.78 is 4.83. The molecule has 0 aliphatic carbocycles. The molecule has 16 heavy (non-hydrogen) atoms. The predicted molar refractivity (Wildman–Crippen MR) is 66.9 cm³/mol. The maximum absolute atomic E-state index is 9.43. The summed E-state index contributed by atoms with van der Waals surface area (Å²) in [6.07, 6.45) is 0.137. The Morgan fingerprint density at radius 2 is 2.31 bits per heavy atom. The number of ether oxygens (including phenoxy) is 1. The highest BCUT2D eigenvalue weighted by Crippen LogP contribution is 2.26. The largest absolute Gasteiger partial charge is 0.396 e. The number of nitrogen functional groups attached to an aromatic ring is 1. The van der Waals surface area contributed by atoms with Crippen LogP contribution in [0.1, 0.15) is 6.42 Å². The van der Waals surface area contributed by atoms with Gasteiger partial charge in [0.05, 0.1) is 29.1 Å². The number of nitrogens with two attached hydrogens (primary N) is 1. The second-order valence-corrected chi connectivity index (χ2v) is 3.93. The van der Waals surface area contributed by atoms with Crippen molar-refractivity contribution in [3.8, 4) is 0 Å². The summed E-state index contributed by atoms with van der Waals surface area (Å²) in [6, 6.07) is 5.42. The van der Waals surface area contributed by atoms with Crippen molar-refractivity contribution in [2.24, 2.45) is 0 Å². The number of rotatable bonds is 6. The van der Waals surface area contributed by atoms with E-state index in [9.17, 15) is 5.11 Å². The number of hydrogen-bond donors (Lipinski definition) is 3. The molecule has 1 rings (SSSR count). The first-order valence-corrected chi connectivity index (χ1v) is 5.47. The summed E-state index contributed by atoms with van der Waals surface area (Å²) in [5, 5.41) is 13.1. The van der Waals surface area contributed by atoms with Crippen LogP contribution in [-0.4, -0.2) is 31.5 Å². The first-order chi connectivity index (χ1) is 7.65. The van der Waals surface area contributed by atoms with Crippen LogP contribution in [0.25, 0.3) is 0 Å². The van der Waals surface area contributed by atoms with Crippen molar-refractivity contribution in [3.05, 3.63) is 23.2 Å². The first kappa shape index (κ1) is 13.1. The zero-order valence-electron chi connectivity index (χ0n) is 9.24. The lowest BCUT2D eigenvalue weighted by atomic mass is 10.2. The van der Waals surface area contributed by atoms with Gasteiger partial charge in [-0.3, -0.25) is 0 Å². The minimum absolute atomic E-state index is 0.340. The molecule has 1 aromatic rings. The molecule has 0 bridgehead atoms. The normalized spacial score (nSPS) is 12.4. The van der Waals surface area contributed by atoms with Gasteiger partial charge in [-0.1, -0.05) is 17.7 Å². The molecule has 90 valence electrons. The number of nitrogens with one attached hydrogen (secondary N) is 1. The quantitative estimate of drug-likeness (QED) is 0.667. The van der Waals surface area contributed by atoms with Gasteiger partial charge in [-0.05, 0) is 18.6 Å². The van der Waals surface area contributed by atoms with Crippen molar-refractivity contribution < 1.29 is 9.84 Å². The fourth-order valence-electron chi connectivity index (χ4n) is 1.34. The third-order valence-electron chi connectivity index (χ3n) is 2.20. The van der Waals surface area contributed by atoms with Crippen LogP contribution in [0.15, 0.2) is 18.2 Å². The molecule has 4 N–H and O–H groups in total. The molecule has 1 aromatic carbocycles. The van der Waals surface area contributed by atoms with E-state index in [4.69, 9.17) is 22.1 Å². The number of aliphatic hydroxyl groups excluding tert-OH is 1. The van der Waals surface area contributed by atoms with Crippen LogP contribution < -0.4 is 11.1 Å². The van der Waals surface area contributed by atoms with Gasteiger partial charge in [0.15, 0.2) is 0 Å². The summed E-state index contributed by atoms with van der Waals surface area (Å²) in [6.45, 7) is 0.960. The molecule has 0 amide bonds. The van der Waals surface area contributed by atoms with Crippen LogP contribution in [0.4, 0.5) is 11.4 Å². The van der Waals surface area contributed by atoms with Gasteiger partial charge in [-0.2, -0.15) is 0 Å². The Bertz CT molecular complexity index is 334. The van der Waals surface area contributed by atoms with Gasteiger partial charge < -0.3 is 20.9 Å². The second-order valence-electron chi connectivity index (χ2n) is 3.53. The lowest BCUT2D eigenvalue weighted by molar-refractivity contribution is 0.0615. The Balaban J connectivity index is 2.40. The zero-order valence-corrected chi connectivity index (χ0v) is 10.00. The fourth-order valence-corrected chi connectivity index (χ4v) is 1.51. The van der Waals surface area contributed by atoms with Crippen molar-refractivity contribution in [2.75, 3.05) is 31.3 Å². The highest BCUT2D eigenvalue weighted by Gasteiger charge is 2.05. The van der Waals surface area contributed by atoms with Gasteiger partial charge in [0.1, 0.15) is 0 Å². The maximum Gasteiger partial charge on any atom is 0.0790 e. The van der Waals surface area contributed by atoms with Crippen LogP contribution in [-0.2, 0) is 4.74 Å². The molecule has 0 radical (unpaired) electrons. The van der Waals surface area contributed by atoms with Crippen molar-refractivity contribution in [3.63, 3.8) is 0 Å². The zero-order chi connectivity index (χ0) is 12.0. The number of halogens is 1. The summed E-state index contributed by atoms with van der Waals surface area (Å²) in [4.78, 5) is 0. The molecular formula is C11H17ClN2O2. The summed E-state index contributed by atoms with van der Waals surface area (Å²) >= 11 is 5.87. The third-order valence-corrected chi connectivity index (χ3v) is 2.53. The highest BCUT2D eigenvalue weighted by molar-refractivity contribution is 6.33. The summed E-state index contributed by atoms with van der Waals surface area (Å²) in [7, 11) is 1.56. The highest BCUT2D eigenvalue weighted by atomic mass is 35.5. The monoisotopic (exact) mass is 244 g/mol. The van der Waals surface area contributed by atoms with E-state index in [1.165, 1.54) is 0 Å². The Hall–Kier alpha value is -0.970. The molecule has 0 aromatic heterocycles. The van der Waals surface area contributed by atoms with E-state index in [-0.39, 0.29) is 0 Å². The fraction of sp³-hybridized carbons (Fsp3) is 0.455. The Kier molecular flexibility index (Phi) is 5.38. The molecule has 0 aliphatic rings. The van der Waals surface area contributed by atoms with Crippen LogP contribution >= 0.6 is 11.6 Å². The number of aliphatic hydroxyl groups is 1. The molecule has 0 aliphatic heterocycles. The lowest BCUT2D eigenvalue weighted by Gasteiger charge is -2.12. The topological polar surface area (TPSA) is 67.5 Å². The molecule has 0 heterocycles. The minimum Gasteiger partial charge on any atom is -0.396 e. The number of para-hydroxylation sites is 1. The van der Waals surface area contributed by atoms with Crippen molar-refractivity contribution >= 4 is 23.0 Å².